The Morgan fingerprint density at radius 2 is 2.12 bits per heavy atom. The zero-order chi connectivity index (χ0) is 18.1. The van der Waals surface area contributed by atoms with Crippen LogP contribution in [0.15, 0.2) is 48.8 Å². The van der Waals surface area contributed by atoms with E-state index in [2.05, 4.69) is 4.98 Å². The fourth-order valence-electron chi connectivity index (χ4n) is 3.59. The predicted octanol–water partition coefficient (Wildman–Crippen LogP) is 3.06. The summed E-state index contributed by atoms with van der Waals surface area (Å²) in [6.45, 7) is 0. The van der Waals surface area contributed by atoms with Crippen LogP contribution in [0.1, 0.15) is 40.5 Å². The van der Waals surface area contributed by atoms with Gasteiger partial charge in [-0.2, -0.15) is 5.10 Å². The molecule has 2 N–H and O–H groups in total. The van der Waals surface area contributed by atoms with Gasteiger partial charge in [0, 0.05) is 35.3 Å². The van der Waals surface area contributed by atoms with Crippen LogP contribution in [0.5, 0.6) is 0 Å². The Bertz CT molecular complexity index is 950. The van der Waals surface area contributed by atoms with E-state index in [1.165, 1.54) is 7.11 Å². The summed E-state index contributed by atoms with van der Waals surface area (Å²) in [5.41, 5.74) is 11.5. The van der Waals surface area contributed by atoms with Crippen molar-refractivity contribution in [2.45, 2.75) is 25.3 Å². The predicted molar refractivity (Wildman–Crippen MR) is 98.0 cm³/mol. The summed E-state index contributed by atoms with van der Waals surface area (Å²) in [5, 5.41) is 4.85. The number of benzene rings is 1. The number of esters is 1. The Labute approximate surface area is 151 Å². The van der Waals surface area contributed by atoms with E-state index in [4.69, 9.17) is 15.6 Å². The lowest BCUT2D eigenvalue weighted by Gasteiger charge is -2.21. The van der Waals surface area contributed by atoms with Crippen LogP contribution in [0.2, 0.25) is 0 Å². The molecule has 0 radical (unpaired) electrons. The Balaban J connectivity index is 1.96. The molecule has 0 amide bonds. The quantitative estimate of drug-likeness (QED) is 0.736. The minimum atomic E-state index is -0.382. The standard InChI is InChI=1S/C20H20N4O2/c1-26-20(25)14-7-2-3-9-16(14)24-17-10-4-8-15(21)18(17)19(23-24)13-6-5-11-22-12-13/h2-3,5-7,9,11-12,15H,4,8,10,21H2,1H3. The molecule has 132 valence electrons. The summed E-state index contributed by atoms with van der Waals surface area (Å²) in [7, 11) is 1.38. The SMILES string of the molecule is COC(=O)c1ccccc1-n1nc(-c2cccnc2)c2c1CCCC2N. The van der Waals surface area contributed by atoms with E-state index in [-0.39, 0.29) is 12.0 Å². The number of methoxy groups -OCH3 is 1. The third-order valence-electron chi connectivity index (χ3n) is 4.79. The summed E-state index contributed by atoms with van der Waals surface area (Å²) < 4.78 is 6.79. The summed E-state index contributed by atoms with van der Waals surface area (Å²) in [6.07, 6.45) is 6.31. The average Bonchev–Trinajstić information content (AvgIpc) is 3.09. The largest absolute Gasteiger partial charge is 0.465 e. The molecule has 0 fully saturated rings. The van der Waals surface area contributed by atoms with Crippen LogP contribution in [0.25, 0.3) is 16.9 Å². The molecular formula is C20H20N4O2. The van der Waals surface area contributed by atoms with Gasteiger partial charge in [0.25, 0.3) is 0 Å². The van der Waals surface area contributed by atoms with Crippen LogP contribution in [0, 0.1) is 0 Å². The second-order valence-corrected chi connectivity index (χ2v) is 6.37. The lowest BCUT2D eigenvalue weighted by molar-refractivity contribution is 0.0600. The second-order valence-electron chi connectivity index (χ2n) is 6.37. The molecule has 0 aliphatic heterocycles. The molecular weight excluding hydrogens is 328 g/mol. The first-order valence-electron chi connectivity index (χ1n) is 8.66. The molecule has 6 nitrogen and oxygen atoms in total. The van der Waals surface area contributed by atoms with E-state index in [9.17, 15) is 4.79 Å². The highest BCUT2D eigenvalue weighted by Crippen LogP contribution is 2.37. The van der Waals surface area contributed by atoms with E-state index in [1.807, 2.05) is 35.0 Å². The average molecular weight is 348 g/mol. The van der Waals surface area contributed by atoms with E-state index in [1.54, 1.807) is 18.5 Å². The monoisotopic (exact) mass is 348 g/mol. The van der Waals surface area contributed by atoms with Crippen LogP contribution in [0.3, 0.4) is 0 Å². The molecule has 0 spiro atoms. The van der Waals surface area contributed by atoms with Crippen molar-refractivity contribution in [3.05, 3.63) is 65.6 Å². The highest BCUT2D eigenvalue weighted by atomic mass is 16.5. The van der Waals surface area contributed by atoms with Crippen LogP contribution in [-0.2, 0) is 11.2 Å². The van der Waals surface area contributed by atoms with Crippen molar-refractivity contribution in [2.24, 2.45) is 5.73 Å². The number of carbonyl (C=O) groups is 1. The molecule has 0 bridgehead atoms. The normalized spacial score (nSPS) is 16.2. The molecule has 1 aromatic carbocycles. The Morgan fingerprint density at radius 3 is 2.88 bits per heavy atom. The first-order chi connectivity index (χ1) is 12.7. The number of hydrogen-bond acceptors (Lipinski definition) is 5. The van der Waals surface area contributed by atoms with E-state index in [0.29, 0.717) is 11.3 Å². The molecule has 4 rings (SSSR count). The van der Waals surface area contributed by atoms with Gasteiger partial charge in [-0.25, -0.2) is 9.48 Å². The molecule has 26 heavy (non-hydrogen) atoms. The summed E-state index contributed by atoms with van der Waals surface area (Å²) in [4.78, 5) is 16.4. The number of para-hydroxylation sites is 1. The summed E-state index contributed by atoms with van der Waals surface area (Å²) >= 11 is 0. The topological polar surface area (TPSA) is 83.0 Å². The molecule has 1 aliphatic carbocycles. The lowest BCUT2D eigenvalue weighted by Crippen LogP contribution is -2.19. The summed E-state index contributed by atoms with van der Waals surface area (Å²) in [6, 6.07) is 11.1. The van der Waals surface area contributed by atoms with Crippen molar-refractivity contribution in [2.75, 3.05) is 7.11 Å². The molecule has 0 saturated heterocycles. The number of aromatic nitrogens is 3. The Hall–Kier alpha value is -2.99. The van der Waals surface area contributed by atoms with Crippen molar-refractivity contribution >= 4 is 5.97 Å². The van der Waals surface area contributed by atoms with Gasteiger partial charge in [0.1, 0.15) is 0 Å². The third-order valence-corrected chi connectivity index (χ3v) is 4.79. The number of fused-ring (bicyclic) bond motifs is 1. The molecule has 1 atom stereocenters. The first kappa shape index (κ1) is 16.5. The molecule has 2 heterocycles. The smallest absolute Gasteiger partial charge is 0.340 e. The maximum atomic E-state index is 12.2. The minimum absolute atomic E-state index is 0.0759. The van der Waals surface area contributed by atoms with Gasteiger partial charge in [0.2, 0.25) is 0 Å². The van der Waals surface area contributed by atoms with E-state index < -0.39 is 0 Å². The molecule has 6 heteroatoms. The van der Waals surface area contributed by atoms with Gasteiger partial charge in [-0.15, -0.1) is 0 Å². The van der Waals surface area contributed by atoms with Gasteiger partial charge in [0.15, 0.2) is 0 Å². The lowest BCUT2D eigenvalue weighted by atomic mass is 9.90. The number of nitrogens with two attached hydrogens (primary N) is 1. The van der Waals surface area contributed by atoms with Crippen molar-refractivity contribution < 1.29 is 9.53 Å². The number of hydrogen-bond donors (Lipinski definition) is 1. The Morgan fingerprint density at radius 1 is 1.27 bits per heavy atom. The minimum Gasteiger partial charge on any atom is -0.465 e. The number of pyridine rings is 1. The number of ether oxygens (including phenoxy) is 1. The zero-order valence-electron chi connectivity index (χ0n) is 14.6. The van der Waals surface area contributed by atoms with Crippen LogP contribution >= 0.6 is 0 Å². The fraction of sp³-hybridized carbons (Fsp3) is 0.250. The highest BCUT2D eigenvalue weighted by molar-refractivity contribution is 5.93. The van der Waals surface area contributed by atoms with Gasteiger partial charge in [-0.1, -0.05) is 12.1 Å². The number of rotatable bonds is 3. The molecule has 1 unspecified atom stereocenters. The van der Waals surface area contributed by atoms with Crippen molar-refractivity contribution in [3.8, 4) is 16.9 Å². The molecule has 1 aliphatic rings. The maximum Gasteiger partial charge on any atom is 0.340 e. The van der Waals surface area contributed by atoms with Crippen molar-refractivity contribution in [1.29, 1.82) is 0 Å². The van der Waals surface area contributed by atoms with Crippen LogP contribution in [0.4, 0.5) is 0 Å². The van der Waals surface area contributed by atoms with Gasteiger partial charge in [-0.05, 0) is 43.5 Å². The van der Waals surface area contributed by atoms with Crippen molar-refractivity contribution in [1.82, 2.24) is 14.8 Å². The maximum absolute atomic E-state index is 12.2. The number of carbonyl (C=O) groups excluding carboxylic acids is 1. The highest BCUT2D eigenvalue weighted by Gasteiger charge is 2.29. The fourth-order valence-corrected chi connectivity index (χ4v) is 3.59. The van der Waals surface area contributed by atoms with E-state index >= 15 is 0 Å². The van der Waals surface area contributed by atoms with Crippen LogP contribution in [-0.4, -0.2) is 27.8 Å². The number of nitrogens with zero attached hydrogens (tertiary/aromatic N) is 3. The van der Waals surface area contributed by atoms with E-state index in [0.717, 1.165) is 41.8 Å². The summed E-state index contributed by atoms with van der Waals surface area (Å²) in [5.74, 6) is -0.382. The Kier molecular flexibility index (Phi) is 4.26. The van der Waals surface area contributed by atoms with Crippen molar-refractivity contribution in [3.63, 3.8) is 0 Å². The van der Waals surface area contributed by atoms with Gasteiger partial charge in [-0.3, -0.25) is 4.98 Å². The van der Waals surface area contributed by atoms with Crippen LogP contribution < -0.4 is 5.73 Å². The third kappa shape index (κ3) is 2.68. The zero-order valence-corrected chi connectivity index (χ0v) is 14.6. The van der Waals surface area contributed by atoms with Gasteiger partial charge in [0.05, 0.1) is 24.1 Å². The second kappa shape index (κ2) is 6.72. The first-order valence-corrected chi connectivity index (χ1v) is 8.66. The van der Waals surface area contributed by atoms with Gasteiger partial charge >= 0.3 is 5.97 Å². The molecule has 3 aromatic rings. The van der Waals surface area contributed by atoms with Gasteiger partial charge < -0.3 is 10.5 Å². The molecule has 2 aromatic heterocycles. The molecule has 0 saturated carbocycles.